The molecule has 2 heteroatoms. The fraction of sp³-hybridized carbons (Fsp3) is 0.200. The van der Waals surface area contributed by atoms with Crippen LogP contribution in [-0.4, -0.2) is 26.2 Å². The summed E-state index contributed by atoms with van der Waals surface area (Å²) in [4.78, 5) is 0. The topological polar surface area (TPSA) is 20.2 Å². The lowest BCUT2D eigenvalue weighted by Gasteiger charge is -2.24. The van der Waals surface area contributed by atoms with Crippen LogP contribution in [0.4, 0.5) is 5.69 Å². The third kappa shape index (κ3) is 2.48. The van der Waals surface area contributed by atoms with Gasteiger partial charge in [0.05, 0.1) is 21.1 Å². The van der Waals surface area contributed by atoms with E-state index in [1.807, 2.05) is 51.5 Å². The van der Waals surface area contributed by atoms with Crippen LogP contribution in [0.3, 0.4) is 0 Å². The molecule has 2 rings (SSSR count). The Morgan fingerprint density at radius 3 is 2.06 bits per heavy atom. The molecule has 0 amide bonds. The highest BCUT2D eigenvalue weighted by molar-refractivity contribution is 5.70. The number of phenols is 1. The molecule has 0 aliphatic heterocycles. The SMILES string of the molecule is C[N+](C)(C)c1cc(-c2ccccc2)ccc1O. The number of quaternary nitrogens is 1. The molecule has 0 saturated heterocycles. The number of rotatable bonds is 2. The highest BCUT2D eigenvalue weighted by atomic mass is 16.3. The summed E-state index contributed by atoms with van der Waals surface area (Å²) in [5.41, 5.74) is 3.22. The van der Waals surface area contributed by atoms with Crippen LogP contribution in [0.2, 0.25) is 0 Å². The molecule has 0 saturated carbocycles. The molecule has 2 nitrogen and oxygen atoms in total. The molecular formula is C15H18NO+. The molecule has 0 aliphatic carbocycles. The van der Waals surface area contributed by atoms with E-state index in [0.717, 1.165) is 11.3 Å². The molecule has 0 aliphatic rings. The minimum Gasteiger partial charge on any atom is -0.503 e. The van der Waals surface area contributed by atoms with E-state index >= 15 is 0 Å². The Labute approximate surface area is 102 Å². The Morgan fingerprint density at radius 2 is 1.47 bits per heavy atom. The minimum atomic E-state index is 0.345. The summed E-state index contributed by atoms with van der Waals surface area (Å²) >= 11 is 0. The Balaban J connectivity index is 2.53. The van der Waals surface area contributed by atoms with Crippen LogP contribution < -0.4 is 4.48 Å². The summed E-state index contributed by atoms with van der Waals surface area (Å²) in [6, 6.07) is 16.0. The average Bonchev–Trinajstić information content (AvgIpc) is 2.29. The van der Waals surface area contributed by atoms with Crippen molar-refractivity contribution in [2.24, 2.45) is 0 Å². The quantitative estimate of drug-likeness (QED) is 0.782. The van der Waals surface area contributed by atoms with Gasteiger partial charge >= 0.3 is 0 Å². The van der Waals surface area contributed by atoms with Crippen molar-refractivity contribution in [3.05, 3.63) is 48.5 Å². The van der Waals surface area contributed by atoms with Crippen molar-refractivity contribution in [3.8, 4) is 16.9 Å². The summed E-state index contributed by atoms with van der Waals surface area (Å²) in [6.07, 6.45) is 0. The fourth-order valence-corrected chi connectivity index (χ4v) is 1.87. The molecule has 17 heavy (non-hydrogen) atoms. The first-order valence-electron chi connectivity index (χ1n) is 5.69. The Hall–Kier alpha value is -1.80. The zero-order chi connectivity index (χ0) is 12.5. The van der Waals surface area contributed by atoms with E-state index in [1.165, 1.54) is 5.56 Å². The number of hydrogen-bond acceptors (Lipinski definition) is 1. The first kappa shape index (κ1) is 11.7. The Bertz CT molecular complexity index is 512. The average molecular weight is 228 g/mol. The molecular weight excluding hydrogens is 210 g/mol. The highest BCUT2D eigenvalue weighted by Crippen LogP contribution is 2.33. The van der Waals surface area contributed by atoms with Gasteiger partial charge in [0.25, 0.3) is 0 Å². The first-order valence-corrected chi connectivity index (χ1v) is 5.69. The van der Waals surface area contributed by atoms with Gasteiger partial charge in [-0.15, -0.1) is 0 Å². The molecule has 0 atom stereocenters. The normalized spacial score (nSPS) is 11.5. The van der Waals surface area contributed by atoms with Crippen molar-refractivity contribution in [1.82, 2.24) is 4.48 Å². The second-order valence-electron chi connectivity index (χ2n) is 5.08. The number of nitrogens with zero attached hydrogens (tertiary/aromatic N) is 1. The number of phenolic OH excluding ortho intramolecular Hbond substituents is 1. The van der Waals surface area contributed by atoms with Gasteiger partial charge in [-0.25, -0.2) is 0 Å². The molecule has 0 bridgehead atoms. The van der Waals surface area contributed by atoms with Crippen molar-refractivity contribution in [1.29, 1.82) is 0 Å². The standard InChI is InChI=1S/C15H17NO/c1-16(2,3)14-11-13(9-10-15(14)17)12-7-5-4-6-8-12/h4-11H,1-3H3/p+1. The second kappa shape index (κ2) is 4.22. The Morgan fingerprint density at radius 1 is 0.824 bits per heavy atom. The van der Waals surface area contributed by atoms with Crippen molar-refractivity contribution in [3.63, 3.8) is 0 Å². The number of benzene rings is 2. The minimum absolute atomic E-state index is 0.345. The van der Waals surface area contributed by atoms with Gasteiger partial charge in [-0.1, -0.05) is 36.4 Å². The van der Waals surface area contributed by atoms with E-state index in [1.54, 1.807) is 6.07 Å². The molecule has 0 unspecified atom stereocenters. The lowest BCUT2D eigenvalue weighted by molar-refractivity contribution is 0.426. The van der Waals surface area contributed by atoms with E-state index in [9.17, 15) is 5.11 Å². The lowest BCUT2D eigenvalue weighted by atomic mass is 10.0. The fourth-order valence-electron chi connectivity index (χ4n) is 1.87. The smallest absolute Gasteiger partial charge is 0.177 e. The molecule has 0 spiro atoms. The molecule has 2 aromatic rings. The second-order valence-corrected chi connectivity index (χ2v) is 5.08. The van der Waals surface area contributed by atoms with Crippen LogP contribution in [0.5, 0.6) is 5.75 Å². The van der Waals surface area contributed by atoms with Crippen LogP contribution in [0.15, 0.2) is 48.5 Å². The monoisotopic (exact) mass is 228 g/mol. The van der Waals surface area contributed by atoms with E-state index in [-0.39, 0.29) is 0 Å². The van der Waals surface area contributed by atoms with E-state index < -0.39 is 0 Å². The van der Waals surface area contributed by atoms with Gasteiger partial charge < -0.3 is 5.11 Å². The summed E-state index contributed by atoms with van der Waals surface area (Å²) in [6.45, 7) is 0. The predicted molar refractivity (Wildman–Crippen MR) is 73.1 cm³/mol. The molecule has 0 radical (unpaired) electrons. The maximum absolute atomic E-state index is 9.90. The number of aromatic hydroxyl groups is 1. The van der Waals surface area contributed by atoms with E-state index in [2.05, 4.69) is 12.1 Å². The molecule has 88 valence electrons. The summed E-state index contributed by atoms with van der Waals surface area (Å²) < 4.78 is 0.604. The molecule has 1 N–H and O–H groups in total. The first-order chi connectivity index (χ1) is 7.98. The van der Waals surface area contributed by atoms with Crippen LogP contribution >= 0.6 is 0 Å². The van der Waals surface area contributed by atoms with Crippen LogP contribution in [-0.2, 0) is 0 Å². The van der Waals surface area contributed by atoms with Crippen molar-refractivity contribution < 1.29 is 5.11 Å². The van der Waals surface area contributed by atoms with Gasteiger partial charge in [-0.3, -0.25) is 4.48 Å². The van der Waals surface area contributed by atoms with Crippen molar-refractivity contribution in [2.45, 2.75) is 0 Å². The molecule has 2 aromatic carbocycles. The lowest BCUT2D eigenvalue weighted by Crippen LogP contribution is -2.34. The zero-order valence-electron chi connectivity index (χ0n) is 10.5. The van der Waals surface area contributed by atoms with Gasteiger partial charge in [0.15, 0.2) is 11.4 Å². The number of hydrogen-bond donors (Lipinski definition) is 1. The molecule has 0 fully saturated rings. The van der Waals surface area contributed by atoms with Crippen LogP contribution in [0.1, 0.15) is 0 Å². The third-order valence-corrected chi connectivity index (χ3v) is 2.81. The van der Waals surface area contributed by atoms with Crippen LogP contribution in [0.25, 0.3) is 11.1 Å². The van der Waals surface area contributed by atoms with Gasteiger partial charge in [-0.05, 0) is 17.2 Å². The van der Waals surface area contributed by atoms with E-state index in [4.69, 9.17) is 0 Å². The summed E-state index contributed by atoms with van der Waals surface area (Å²) in [7, 11) is 6.14. The predicted octanol–water partition coefficient (Wildman–Crippen LogP) is 3.26. The summed E-state index contributed by atoms with van der Waals surface area (Å²) in [5, 5.41) is 9.90. The Kier molecular flexibility index (Phi) is 2.90. The highest BCUT2D eigenvalue weighted by Gasteiger charge is 2.18. The van der Waals surface area contributed by atoms with Crippen molar-refractivity contribution >= 4 is 5.69 Å². The van der Waals surface area contributed by atoms with Gasteiger partial charge in [0.1, 0.15) is 0 Å². The van der Waals surface area contributed by atoms with Gasteiger partial charge in [0.2, 0.25) is 0 Å². The van der Waals surface area contributed by atoms with Crippen LogP contribution in [0, 0.1) is 0 Å². The van der Waals surface area contributed by atoms with Crippen molar-refractivity contribution in [2.75, 3.05) is 21.1 Å². The maximum Gasteiger partial charge on any atom is 0.177 e. The van der Waals surface area contributed by atoms with Gasteiger partial charge in [0, 0.05) is 6.07 Å². The maximum atomic E-state index is 9.90. The zero-order valence-corrected chi connectivity index (χ0v) is 10.5. The summed E-state index contributed by atoms with van der Waals surface area (Å²) in [5.74, 6) is 0.345. The third-order valence-electron chi connectivity index (χ3n) is 2.81. The molecule has 0 aromatic heterocycles. The molecule has 0 heterocycles. The van der Waals surface area contributed by atoms with Gasteiger partial charge in [-0.2, -0.15) is 0 Å². The largest absolute Gasteiger partial charge is 0.503 e. The van der Waals surface area contributed by atoms with E-state index in [0.29, 0.717) is 10.2 Å².